The first kappa shape index (κ1) is 9.61. The van der Waals surface area contributed by atoms with E-state index in [9.17, 15) is 8.42 Å². The Balaban J connectivity index is 3.81. The second kappa shape index (κ2) is 3.70. The van der Waals surface area contributed by atoms with E-state index in [2.05, 4.69) is 6.58 Å². The van der Waals surface area contributed by atoms with Crippen LogP contribution >= 0.6 is 0 Å². The third-order valence-electron chi connectivity index (χ3n) is 0.952. The number of aliphatic hydroxyl groups excluding tert-OH is 1. The molecular weight excluding hydrogens is 154 g/mol. The maximum Gasteiger partial charge on any atom is 0.171 e. The van der Waals surface area contributed by atoms with E-state index < -0.39 is 16.1 Å². The Hall–Kier alpha value is -0.390. The lowest BCUT2D eigenvalue weighted by atomic mass is 10.4. The van der Waals surface area contributed by atoms with Crippen LogP contribution in [0.1, 0.15) is 6.42 Å². The van der Waals surface area contributed by atoms with E-state index in [1.807, 2.05) is 0 Å². The minimum absolute atomic E-state index is 0.0500. The molecule has 0 heterocycles. The van der Waals surface area contributed by atoms with Gasteiger partial charge in [0.15, 0.2) is 9.84 Å². The minimum atomic E-state index is -3.19. The standard InChI is InChI=1S/C5H11NO3S/c1-2-10(8,9)4-3-5(6)7/h2,5,7H,1,3-4,6H2. The van der Waals surface area contributed by atoms with E-state index in [-0.39, 0.29) is 12.2 Å². The van der Waals surface area contributed by atoms with Gasteiger partial charge in [-0.1, -0.05) is 6.58 Å². The second-order valence-corrected chi connectivity index (χ2v) is 3.96. The summed E-state index contributed by atoms with van der Waals surface area (Å²) >= 11 is 0. The van der Waals surface area contributed by atoms with Crippen LogP contribution in [0.15, 0.2) is 12.0 Å². The predicted molar refractivity (Wildman–Crippen MR) is 38.8 cm³/mol. The van der Waals surface area contributed by atoms with Gasteiger partial charge >= 0.3 is 0 Å². The lowest BCUT2D eigenvalue weighted by Crippen LogP contribution is -2.22. The molecule has 10 heavy (non-hydrogen) atoms. The van der Waals surface area contributed by atoms with Crippen molar-refractivity contribution in [2.45, 2.75) is 12.6 Å². The Bertz CT molecular complexity index is 195. The van der Waals surface area contributed by atoms with Gasteiger partial charge in [-0.25, -0.2) is 8.42 Å². The van der Waals surface area contributed by atoms with Gasteiger partial charge in [0, 0.05) is 11.8 Å². The lowest BCUT2D eigenvalue weighted by molar-refractivity contribution is 0.179. The van der Waals surface area contributed by atoms with Crippen LogP contribution in [-0.2, 0) is 9.84 Å². The summed E-state index contributed by atoms with van der Waals surface area (Å²) in [5.74, 6) is -0.145. The minimum Gasteiger partial charge on any atom is -0.379 e. The monoisotopic (exact) mass is 165 g/mol. The van der Waals surface area contributed by atoms with Gasteiger partial charge in [-0.15, -0.1) is 0 Å². The summed E-state index contributed by atoms with van der Waals surface area (Å²) < 4.78 is 21.2. The summed E-state index contributed by atoms with van der Waals surface area (Å²) in [6.07, 6.45) is -1.01. The van der Waals surface area contributed by atoms with Gasteiger partial charge in [0.2, 0.25) is 0 Å². The van der Waals surface area contributed by atoms with Crippen molar-refractivity contribution >= 4 is 9.84 Å². The number of sulfone groups is 1. The number of hydrogen-bond acceptors (Lipinski definition) is 4. The molecule has 0 aromatic heterocycles. The number of nitrogens with two attached hydrogens (primary N) is 1. The quantitative estimate of drug-likeness (QED) is 0.535. The maximum atomic E-state index is 10.6. The maximum absolute atomic E-state index is 10.6. The molecule has 4 nitrogen and oxygen atoms in total. The molecule has 0 bridgehead atoms. The fraction of sp³-hybridized carbons (Fsp3) is 0.600. The highest BCUT2D eigenvalue weighted by Gasteiger charge is 2.06. The summed E-state index contributed by atoms with van der Waals surface area (Å²) in [6, 6.07) is 0. The molecule has 0 aliphatic carbocycles. The van der Waals surface area contributed by atoms with Crippen LogP contribution < -0.4 is 5.73 Å². The fourth-order valence-electron chi connectivity index (χ4n) is 0.368. The highest BCUT2D eigenvalue weighted by molar-refractivity contribution is 7.94. The second-order valence-electron chi connectivity index (χ2n) is 1.89. The van der Waals surface area contributed by atoms with Crippen molar-refractivity contribution in [1.82, 2.24) is 0 Å². The van der Waals surface area contributed by atoms with Crippen LogP contribution in [0.3, 0.4) is 0 Å². The smallest absolute Gasteiger partial charge is 0.171 e. The molecule has 0 aromatic rings. The van der Waals surface area contributed by atoms with Gasteiger partial charge in [-0.2, -0.15) is 0 Å². The molecule has 0 fully saturated rings. The molecule has 0 aliphatic rings. The number of hydrogen-bond donors (Lipinski definition) is 2. The molecule has 0 rings (SSSR count). The van der Waals surface area contributed by atoms with Gasteiger partial charge in [-0.05, 0) is 0 Å². The number of aliphatic hydroxyl groups is 1. The zero-order valence-electron chi connectivity index (χ0n) is 5.53. The summed E-state index contributed by atoms with van der Waals surface area (Å²) in [7, 11) is -3.19. The summed E-state index contributed by atoms with van der Waals surface area (Å²) in [5, 5.41) is 9.35. The normalized spacial score (nSPS) is 14.6. The Morgan fingerprint density at radius 2 is 2.20 bits per heavy atom. The molecule has 0 saturated carbocycles. The van der Waals surface area contributed by atoms with Crippen LogP contribution in [0.25, 0.3) is 0 Å². The molecule has 60 valence electrons. The van der Waals surface area contributed by atoms with Crippen LogP contribution in [-0.4, -0.2) is 25.5 Å². The van der Waals surface area contributed by atoms with Crippen molar-refractivity contribution in [3.8, 4) is 0 Å². The fourth-order valence-corrected chi connectivity index (χ4v) is 1.11. The van der Waals surface area contributed by atoms with Gasteiger partial charge in [0.05, 0.1) is 5.75 Å². The Kier molecular flexibility index (Phi) is 3.55. The predicted octanol–water partition coefficient (Wildman–Crippen LogP) is -0.788. The van der Waals surface area contributed by atoms with Crippen molar-refractivity contribution in [1.29, 1.82) is 0 Å². The van der Waals surface area contributed by atoms with Crippen molar-refractivity contribution in [2.75, 3.05) is 5.75 Å². The molecule has 0 amide bonds. The highest BCUT2D eigenvalue weighted by Crippen LogP contribution is 1.94. The first-order chi connectivity index (χ1) is 4.48. The van der Waals surface area contributed by atoms with E-state index in [1.165, 1.54) is 0 Å². The lowest BCUT2D eigenvalue weighted by Gasteiger charge is -2.00. The largest absolute Gasteiger partial charge is 0.379 e. The van der Waals surface area contributed by atoms with Crippen LogP contribution in [0, 0.1) is 0 Å². The van der Waals surface area contributed by atoms with E-state index in [0.29, 0.717) is 0 Å². The molecule has 3 N–H and O–H groups in total. The van der Waals surface area contributed by atoms with E-state index in [1.54, 1.807) is 0 Å². The molecule has 0 saturated heterocycles. The highest BCUT2D eigenvalue weighted by atomic mass is 32.2. The molecule has 1 unspecified atom stereocenters. The van der Waals surface area contributed by atoms with Crippen molar-refractivity contribution in [2.24, 2.45) is 5.73 Å². The molecule has 0 radical (unpaired) electrons. The third-order valence-corrected chi connectivity index (χ3v) is 2.26. The molecule has 0 spiro atoms. The van der Waals surface area contributed by atoms with Gasteiger partial charge in [0.1, 0.15) is 6.23 Å². The van der Waals surface area contributed by atoms with Crippen molar-refractivity contribution < 1.29 is 13.5 Å². The zero-order chi connectivity index (χ0) is 8.20. The Morgan fingerprint density at radius 1 is 1.70 bits per heavy atom. The Morgan fingerprint density at radius 3 is 2.50 bits per heavy atom. The zero-order valence-corrected chi connectivity index (χ0v) is 6.34. The SMILES string of the molecule is C=CS(=O)(=O)CCC(N)O. The topological polar surface area (TPSA) is 80.4 Å². The summed E-state index contributed by atoms with van der Waals surface area (Å²) in [6.45, 7) is 3.10. The van der Waals surface area contributed by atoms with E-state index in [4.69, 9.17) is 10.8 Å². The van der Waals surface area contributed by atoms with Crippen LogP contribution in [0.5, 0.6) is 0 Å². The van der Waals surface area contributed by atoms with E-state index >= 15 is 0 Å². The summed E-state index contributed by atoms with van der Waals surface area (Å²) in [4.78, 5) is 0. The van der Waals surface area contributed by atoms with Gasteiger partial charge in [-0.3, -0.25) is 0 Å². The summed E-state index contributed by atoms with van der Waals surface area (Å²) in [5.41, 5.74) is 4.91. The first-order valence-electron chi connectivity index (χ1n) is 2.77. The molecular formula is C5H11NO3S. The molecule has 0 aliphatic heterocycles. The molecule has 5 heteroatoms. The average molecular weight is 165 g/mol. The van der Waals surface area contributed by atoms with Crippen LogP contribution in [0.2, 0.25) is 0 Å². The van der Waals surface area contributed by atoms with Gasteiger partial charge < -0.3 is 10.8 Å². The van der Waals surface area contributed by atoms with Gasteiger partial charge in [0.25, 0.3) is 0 Å². The third kappa shape index (κ3) is 4.49. The van der Waals surface area contributed by atoms with Crippen molar-refractivity contribution in [3.63, 3.8) is 0 Å². The Labute approximate surface area is 60.3 Å². The van der Waals surface area contributed by atoms with E-state index in [0.717, 1.165) is 5.41 Å². The molecule has 0 aromatic carbocycles. The molecule has 1 atom stereocenters. The first-order valence-corrected chi connectivity index (χ1v) is 4.48. The number of rotatable bonds is 4. The van der Waals surface area contributed by atoms with Crippen LogP contribution in [0.4, 0.5) is 0 Å². The average Bonchev–Trinajstić information content (AvgIpc) is 1.85. The van der Waals surface area contributed by atoms with Crippen molar-refractivity contribution in [3.05, 3.63) is 12.0 Å².